The lowest BCUT2D eigenvalue weighted by molar-refractivity contribution is -0.116. The highest BCUT2D eigenvalue weighted by atomic mass is 79.9. The molecule has 0 aliphatic carbocycles. The molecular formula is C22H23BrN4O3. The van der Waals surface area contributed by atoms with Crippen LogP contribution in [0.5, 0.6) is 0 Å². The summed E-state index contributed by atoms with van der Waals surface area (Å²) >= 11 is 3.45. The smallest absolute Gasteiger partial charge is 0.407 e. The summed E-state index contributed by atoms with van der Waals surface area (Å²) in [4.78, 5) is 23.9. The van der Waals surface area contributed by atoms with Crippen molar-refractivity contribution >= 4 is 33.7 Å². The average molecular weight is 471 g/mol. The van der Waals surface area contributed by atoms with Gasteiger partial charge in [-0.25, -0.2) is 9.48 Å². The van der Waals surface area contributed by atoms with Gasteiger partial charge in [0.1, 0.15) is 12.4 Å². The van der Waals surface area contributed by atoms with E-state index in [4.69, 9.17) is 4.74 Å². The Kier molecular flexibility index (Phi) is 8.02. The molecule has 0 aliphatic heterocycles. The van der Waals surface area contributed by atoms with Crippen LogP contribution in [0.1, 0.15) is 24.0 Å². The van der Waals surface area contributed by atoms with E-state index in [1.54, 1.807) is 16.9 Å². The molecule has 0 aliphatic rings. The van der Waals surface area contributed by atoms with E-state index < -0.39 is 6.09 Å². The van der Waals surface area contributed by atoms with Crippen LogP contribution in [0.4, 0.5) is 10.6 Å². The topological polar surface area (TPSA) is 85.2 Å². The molecule has 30 heavy (non-hydrogen) atoms. The molecule has 0 spiro atoms. The molecule has 0 saturated carbocycles. The molecule has 0 unspecified atom stereocenters. The summed E-state index contributed by atoms with van der Waals surface area (Å²) in [6.07, 6.45) is 1.94. The number of rotatable bonds is 9. The molecule has 0 radical (unpaired) electrons. The highest BCUT2D eigenvalue weighted by molar-refractivity contribution is 9.10. The fraction of sp³-hybridized carbons (Fsp3) is 0.227. The molecule has 3 rings (SSSR count). The Labute approximate surface area is 183 Å². The van der Waals surface area contributed by atoms with Crippen LogP contribution in [-0.2, 0) is 22.7 Å². The first-order valence-electron chi connectivity index (χ1n) is 9.61. The number of amides is 2. The number of hydrogen-bond acceptors (Lipinski definition) is 4. The molecule has 156 valence electrons. The van der Waals surface area contributed by atoms with Gasteiger partial charge in [-0.3, -0.25) is 4.79 Å². The van der Waals surface area contributed by atoms with Crippen LogP contribution in [0, 0.1) is 0 Å². The van der Waals surface area contributed by atoms with Gasteiger partial charge in [-0.05, 0) is 29.7 Å². The minimum Gasteiger partial charge on any atom is -0.445 e. The number of anilines is 1. The molecule has 2 N–H and O–H groups in total. The molecule has 3 aromatic rings. The van der Waals surface area contributed by atoms with Crippen molar-refractivity contribution in [3.05, 3.63) is 82.5 Å². The van der Waals surface area contributed by atoms with Crippen LogP contribution in [0.25, 0.3) is 0 Å². The monoisotopic (exact) mass is 470 g/mol. The molecule has 0 bridgehead atoms. The third kappa shape index (κ3) is 7.04. The van der Waals surface area contributed by atoms with E-state index in [1.165, 1.54) is 0 Å². The highest BCUT2D eigenvalue weighted by Gasteiger charge is 2.09. The molecule has 0 atom stereocenters. The number of nitrogens with zero attached hydrogens (tertiary/aromatic N) is 2. The van der Waals surface area contributed by atoms with E-state index in [9.17, 15) is 9.59 Å². The van der Waals surface area contributed by atoms with E-state index >= 15 is 0 Å². The van der Waals surface area contributed by atoms with E-state index in [1.807, 2.05) is 54.6 Å². The van der Waals surface area contributed by atoms with Crippen molar-refractivity contribution < 1.29 is 14.3 Å². The predicted octanol–water partition coefficient (Wildman–Crippen LogP) is 4.34. The molecule has 2 aromatic carbocycles. The van der Waals surface area contributed by atoms with Crippen LogP contribution < -0.4 is 10.6 Å². The lowest BCUT2D eigenvalue weighted by Gasteiger charge is -2.10. The van der Waals surface area contributed by atoms with Crippen LogP contribution in [0.2, 0.25) is 0 Å². The lowest BCUT2D eigenvalue weighted by Crippen LogP contribution is -2.26. The van der Waals surface area contributed by atoms with E-state index in [0.717, 1.165) is 15.6 Å². The average Bonchev–Trinajstić information content (AvgIpc) is 3.17. The van der Waals surface area contributed by atoms with E-state index in [-0.39, 0.29) is 18.9 Å². The fourth-order valence-corrected chi connectivity index (χ4v) is 3.24. The standard InChI is InChI=1S/C22H23BrN4O3/c23-19-9-4-8-18(14-19)15-27-20(11-13-25-27)26-21(28)10-5-12-24-22(29)30-16-17-6-2-1-3-7-17/h1-4,6-9,11,13-14H,5,10,12,15-16H2,(H,24,29)(H,26,28). The Balaban J connectivity index is 1.36. The van der Waals surface area contributed by atoms with Gasteiger partial charge in [-0.2, -0.15) is 5.10 Å². The maximum absolute atomic E-state index is 12.2. The second-order valence-electron chi connectivity index (χ2n) is 6.64. The van der Waals surface area contributed by atoms with Gasteiger partial charge in [0, 0.05) is 23.5 Å². The summed E-state index contributed by atoms with van der Waals surface area (Å²) in [5, 5.41) is 9.79. The summed E-state index contributed by atoms with van der Waals surface area (Å²) < 4.78 is 7.86. The van der Waals surface area contributed by atoms with Gasteiger partial charge in [0.2, 0.25) is 5.91 Å². The number of ether oxygens (including phenoxy) is 1. The molecule has 8 heteroatoms. The third-order valence-corrected chi connectivity index (χ3v) is 4.76. The van der Waals surface area contributed by atoms with Crippen molar-refractivity contribution in [2.75, 3.05) is 11.9 Å². The van der Waals surface area contributed by atoms with Crippen LogP contribution in [-0.4, -0.2) is 28.3 Å². The van der Waals surface area contributed by atoms with Crippen LogP contribution in [0.3, 0.4) is 0 Å². The summed E-state index contributed by atoms with van der Waals surface area (Å²) in [5.74, 6) is 0.501. The van der Waals surface area contributed by atoms with E-state index in [0.29, 0.717) is 25.3 Å². The first kappa shape index (κ1) is 21.6. The number of alkyl carbamates (subject to hydrolysis) is 1. The largest absolute Gasteiger partial charge is 0.445 e. The van der Waals surface area contributed by atoms with Gasteiger partial charge in [-0.15, -0.1) is 0 Å². The summed E-state index contributed by atoms with van der Waals surface area (Å²) in [5.41, 5.74) is 1.99. The van der Waals surface area contributed by atoms with Crippen molar-refractivity contribution in [1.29, 1.82) is 0 Å². The lowest BCUT2D eigenvalue weighted by atomic mass is 10.2. The Bertz CT molecular complexity index is 975. The second-order valence-corrected chi connectivity index (χ2v) is 7.56. The number of halogens is 1. The molecule has 0 fully saturated rings. The Morgan fingerprint density at radius 3 is 2.63 bits per heavy atom. The van der Waals surface area contributed by atoms with Crippen molar-refractivity contribution in [1.82, 2.24) is 15.1 Å². The van der Waals surface area contributed by atoms with Gasteiger partial charge in [0.15, 0.2) is 0 Å². The zero-order valence-electron chi connectivity index (χ0n) is 16.4. The first-order chi connectivity index (χ1) is 14.6. The Morgan fingerprint density at radius 1 is 1.03 bits per heavy atom. The SMILES string of the molecule is O=C(CCCNC(=O)OCc1ccccc1)Nc1ccnn1Cc1cccc(Br)c1. The van der Waals surface area contributed by atoms with Crippen molar-refractivity contribution in [3.8, 4) is 0 Å². The Morgan fingerprint density at radius 2 is 1.83 bits per heavy atom. The summed E-state index contributed by atoms with van der Waals surface area (Å²) in [6, 6.07) is 19.1. The van der Waals surface area contributed by atoms with E-state index in [2.05, 4.69) is 31.7 Å². The maximum atomic E-state index is 12.2. The number of benzene rings is 2. The zero-order chi connectivity index (χ0) is 21.2. The maximum Gasteiger partial charge on any atom is 0.407 e. The quantitative estimate of drug-likeness (QED) is 0.455. The zero-order valence-corrected chi connectivity index (χ0v) is 18.0. The molecule has 1 heterocycles. The van der Waals surface area contributed by atoms with Crippen molar-refractivity contribution in [3.63, 3.8) is 0 Å². The number of aromatic nitrogens is 2. The predicted molar refractivity (Wildman–Crippen MR) is 118 cm³/mol. The number of hydrogen-bond donors (Lipinski definition) is 2. The number of carbonyl (C=O) groups is 2. The van der Waals surface area contributed by atoms with Crippen LogP contribution in [0.15, 0.2) is 71.3 Å². The minimum atomic E-state index is -0.494. The van der Waals surface area contributed by atoms with Gasteiger partial charge >= 0.3 is 6.09 Å². The molecule has 2 amide bonds. The van der Waals surface area contributed by atoms with Gasteiger partial charge in [0.25, 0.3) is 0 Å². The first-order valence-corrected chi connectivity index (χ1v) is 10.4. The van der Waals surface area contributed by atoms with Crippen molar-refractivity contribution in [2.45, 2.75) is 26.0 Å². The molecule has 1 aromatic heterocycles. The number of carbonyl (C=O) groups excluding carboxylic acids is 2. The summed E-state index contributed by atoms with van der Waals surface area (Å²) in [7, 11) is 0. The molecule has 7 nitrogen and oxygen atoms in total. The fourth-order valence-electron chi connectivity index (χ4n) is 2.79. The molecular weight excluding hydrogens is 448 g/mol. The normalized spacial score (nSPS) is 10.4. The van der Waals surface area contributed by atoms with Gasteiger partial charge in [-0.1, -0.05) is 58.4 Å². The minimum absolute atomic E-state index is 0.134. The summed E-state index contributed by atoms with van der Waals surface area (Å²) in [6.45, 7) is 1.13. The molecule has 0 saturated heterocycles. The van der Waals surface area contributed by atoms with Crippen LogP contribution >= 0.6 is 15.9 Å². The second kappa shape index (κ2) is 11.2. The van der Waals surface area contributed by atoms with Gasteiger partial charge in [0.05, 0.1) is 12.7 Å². The third-order valence-electron chi connectivity index (χ3n) is 4.27. The van der Waals surface area contributed by atoms with Gasteiger partial charge < -0.3 is 15.4 Å². The Hall–Kier alpha value is -3.13. The number of nitrogens with one attached hydrogen (secondary N) is 2. The van der Waals surface area contributed by atoms with Crippen molar-refractivity contribution in [2.24, 2.45) is 0 Å². The highest BCUT2D eigenvalue weighted by Crippen LogP contribution is 2.15.